The van der Waals surface area contributed by atoms with E-state index in [1.807, 2.05) is 38.2 Å². The predicted molar refractivity (Wildman–Crippen MR) is 84.1 cm³/mol. The molecular formula is C16H24N4O. The molecule has 2 aromatic rings. The van der Waals surface area contributed by atoms with E-state index in [9.17, 15) is 4.79 Å². The third kappa shape index (κ3) is 3.82. The van der Waals surface area contributed by atoms with Crippen LogP contribution in [0.3, 0.4) is 0 Å². The third-order valence-electron chi connectivity index (χ3n) is 3.48. The number of hydrogen-bond acceptors (Lipinski definition) is 3. The van der Waals surface area contributed by atoms with Crippen molar-refractivity contribution in [3.05, 3.63) is 35.8 Å². The molecule has 0 saturated carbocycles. The molecule has 0 saturated heterocycles. The van der Waals surface area contributed by atoms with E-state index in [1.165, 1.54) is 0 Å². The van der Waals surface area contributed by atoms with E-state index in [0.717, 1.165) is 17.0 Å². The number of aryl methyl sites for hydroxylation is 1. The van der Waals surface area contributed by atoms with Crippen LogP contribution < -0.4 is 10.6 Å². The van der Waals surface area contributed by atoms with Crippen LogP contribution in [0.15, 0.2) is 24.4 Å². The Bertz CT molecular complexity index is 618. The summed E-state index contributed by atoms with van der Waals surface area (Å²) in [5.74, 6) is 0.498. The van der Waals surface area contributed by atoms with Gasteiger partial charge in [-0.25, -0.2) is 4.98 Å². The van der Waals surface area contributed by atoms with Crippen LogP contribution in [0.5, 0.6) is 0 Å². The van der Waals surface area contributed by atoms with Crippen molar-refractivity contribution in [2.75, 3.05) is 6.54 Å². The smallest absolute Gasteiger partial charge is 0.236 e. The van der Waals surface area contributed by atoms with Crippen molar-refractivity contribution in [3.63, 3.8) is 0 Å². The van der Waals surface area contributed by atoms with Gasteiger partial charge in [0.15, 0.2) is 0 Å². The molecule has 1 atom stereocenters. The number of carbonyl (C=O) groups is 1. The minimum absolute atomic E-state index is 0.0372. The van der Waals surface area contributed by atoms with Gasteiger partial charge in [-0.1, -0.05) is 19.9 Å². The first-order chi connectivity index (χ1) is 9.99. The lowest BCUT2D eigenvalue weighted by Crippen LogP contribution is -2.43. The molecule has 1 unspecified atom stereocenters. The van der Waals surface area contributed by atoms with Gasteiger partial charge in [-0.15, -0.1) is 0 Å². The molecule has 2 heterocycles. The van der Waals surface area contributed by atoms with Crippen LogP contribution >= 0.6 is 0 Å². The summed E-state index contributed by atoms with van der Waals surface area (Å²) in [4.78, 5) is 16.5. The molecule has 0 spiro atoms. The van der Waals surface area contributed by atoms with Crippen molar-refractivity contribution < 1.29 is 4.79 Å². The van der Waals surface area contributed by atoms with Crippen LogP contribution in [0.25, 0.3) is 5.65 Å². The lowest BCUT2D eigenvalue weighted by atomic mass is 10.2. The lowest BCUT2D eigenvalue weighted by molar-refractivity contribution is -0.122. The number of carbonyl (C=O) groups excluding carboxylic acids is 1. The van der Waals surface area contributed by atoms with Crippen molar-refractivity contribution in [1.82, 2.24) is 20.0 Å². The molecule has 5 heteroatoms. The normalized spacial score (nSPS) is 12.8. The number of fused-ring (bicyclic) bond motifs is 1. The Balaban J connectivity index is 1.98. The van der Waals surface area contributed by atoms with Gasteiger partial charge >= 0.3 is 0 Å². The van der Waals surface area contributed by atoms with E-state index in [4.69, 9.17) is 0 Å². The summed E-state index contributed by atoms with van der Waals surface area (Å²) in [6.45, 7) is 9.37. The molecule has 0 aliphatic carbocycles. The van der Waals surface area contributed by atoms with E-state index < -0.39 is 0 Å². The maximum absolute atomic E-state index is 12.0. The van der Waals surface area contributed by atoms with Gasteiger partial charge in [0.05, 0.1) is 17.4 Å². The Labute approximate surface area is 125 Å². The second kappa shape index (κ2) is 6.72. The Morgan fingerprint density at radius 3 is 2.81 bits per heavy atom. The van der Waals surface area contributed by atoms with Crippen molar-refractivity contribution in [2.45, 2.75) is 40.3 Å². The zero-order chi connectivity index (χ0) is 15.4. The first-order valence-corrected chi connectivity index (χ1v) is 7.42. The highest BCUT2D eigenvalue weighted by molar-refractivity contribution is 5.81. The van der Waals surface area contributed by atoms with Crippen LogP contribution in [-0.4, -0.2) is 27.9 Å². The van der Waals surface area contributed by atoms with Crippen molar-refractivity contribution in [3.8, 4) is 0 Å². The number of hydrogen-bond donors (Lipinski definition) is 2. The molecule has 0 aliphatic heterocycles. The summed E-state index contributed by atoms with van der Waals surface area (Å²) < 4.78 is 2.06. The molecular weight excluding hydrogens is 264 g/mol. The molecule has 0 aliphatic rings. The Hall–Kier alpha value is -1.88. The standard InChI is InChI=1S/C16H24N4O/c1-11(2)9-18-16(21)13(4)17-10-14-12(3)19-15-7-5-6-8-20(14)15/h5-8,11,13,17H,9-10H2,1-4H3,(H,18,21). The quantitative estimate of drug-likeness (QED) is 0.853. The maximum Gasteiger partial charge on any atom is 0.236 e. The number of amides is 1. The fourth-order valence-electron chi connectivity index (χ4n) is 2.18. The minimum atomic E-state index is -0.225. The second-order valence-electron chi connectivity index (χ2n) is 5.81. The Kier molecular flexibility index (Phi) is 4.96. The molecule has 0 aromatic carbocycles. The number of rotatable bonds is 6. The molecule has 0 radical (unpaired) electrons. The second-order valence-corrected chi connectivity index (χ2v) is 5.81. The van der Waals surface area contributed by atoms with Gasteiger partial charge in [-0.3, -0.25) is 4.79 Å². The largest absolute Gasteiger partial charge is 0.354 e. The summed E-state index contributed by atoms with van der Waals surface area (Å²) in [7, 11) is 0. The SMILES string of the molecule is Cc1nc2ccccn2c1CNC(C)C(=O)NCC(C)C. The average molecular weight is 288 g/mol. The first-order valence-electron chi connectivity index (χ1n) is 7.42. The van der Waals surface area contributed by atoms with Crippen LogP contribution in [0.1, 0.15) is 32.2 Å². The van der Waals surface area contributed by atoms with Crippen molar-refractivity contribution in [1.29, 1.82) is 0 Å². The van der Waals surface area contributed by atoms with E-state index in [1.54, 1.807) is 0 Å². The minimum Gasteiger partial charge on any atom is -0.354 e. The molecule has 0 bridgehead atoms. The summed E-state index contributed by atoms with van der Waals surface area (Å²) >= 11 is 0. The first kappa shape index (κ1) is 15.5. The fourth-order valence-corrected chi connectivity index (χ4v) is 2.18. The van der Waals surface area contributed by atoms with Gasteiger partial charge in [-0.05, 0) is 31.9 Å². The fraction of sp³-hybridized carbons (Fsp3) is 0.500. The number of imidazole rings is 1. The van der Waals surface area contributed by atoms with Crippen LogP contribution in [0.2, 0.25) is 0 Å². The van der Waals surface area contributed by atoms with Crippen LogP contribution in [0.4, 0.5) is 0 Å². The zero-order valence-corrected chi connectivity index (χ0v) is 13.2. The number of nitrogens with one attached hydrogen (secondary N) is 2. The van der Waals surface area contributed by atoms with E-state index in [-0.39, 0.29) is 11.9 Å². The van der Waals surface area contributed by atoms with E-state index >= 15 is 0 Å². The summed E-state index contributed by atoms with van der Waals surface area (Å²) in [5, 5.41) is 6.21. The third-order valence-corrected chi connectivity index (χ3v) is 3.48. The molecule has 5 nitrogen and oxygen atoms in total. The van der Waals surface area contributed by atoms with Gasteiger partial charge in [-0.2, -0.15) is 0 Å². The van der Waals surface area contributed by atoms with Crippen LogP contribution in [-0.2, 0) is 11.3 Å². The lowest BCUT2D eigenvalue weighted by Gasteiger charge is -2.15. The highest BCUT2D eigenvalue weighted by atomic mass is 16.2. The molecule has 0 fully saturated rings. The molecule has 2 N–H and O–H groups in total. The van der Waals surface area contributed by atoms with Gasteiger partial charge in [0.25, 0.3) is 0 Å². The zero-order valence-electron chi connectivity index (χ0n) is 13.2. The summed E-state index contributed by atoms with van der Waals surface area (Å²) in [6.07, 6.45) is 2.00. The van der Waals surface area contributed by atoms with Crippen molar-refractivity contribution in [2.24, 2.45) is 5.92 Å². The summed E-state index contributed by atoms with van der Waals surface area (Å²) in [6, 6.07) is 5.71. The van der Waals surface area contributed by atoms with Gasteiger partial charge in [0.1, 0.15) is 5.65 Å². The Morgan fingerprint density at radius 2 is 2.10 bits per heavy atom. The highest BCUT2D eigenvalue weighted by Crippen LogP contribution is 2.11. The topological polar surface area (TPSA) is 58.4 Å². The van der Waals surface area contributed by atoms with Crippen LogP contribution in [0, 0.1) is 12.8 Å². The molecule has 114 valence electrons. The Morgan fingerprint density at radius 1 is 1.33 bits per heavy atom. The number of aromatic nitrogens is 2. The molecule has 1 amide bonds. The molecule has 21 heavy (non-hydrogen) atoms. The average Bonchev–Trinajstić information content (AvgIpc) is 2.77. The van der Waals surface area contributed by atoms with Crippen molar-refractivity contribution >= 4 is 11.6 Å². The van der Waals surface area contributed by atoms with Gasteiger partial charge in [0.2, 0.25) is 5.91 Å². The summed E-state index contributed by atoms with van der Waals surface area (Å²) in [5.41, 5.74) is 3.02. The number of pyridine rings is 1. The predicted octanol–water partition coefficient (Wildman–Crippen LogP) is 1.89. The highest BCUT2D eigenvalue weighted by Gasteiger charge is 2.14. The monoisotopic (exact) mass is 288 g/mol. The van der Waals surface area contributed by atoms with E-state index in [2.05, 4.69) is 33.9 Å². The molecule has 2 aromatic heterocycles. The number of nitrogens with zero attached hydrogens (tertiary/aromatic N) is 2. The van der Waals surface area contributed by atoms with E-state index in [0.29, 0.717) is 19.0 Å². The maximum atomic E-state index is 12.0. The molecule has 2 rings (SSSR count). The van der Waals surface area contributed by atoms with Gasteiger partial charge < -0.3 is 15.0 Å². The van der Waals surface area contributed by atoms with Gasteiger partial charge in [0, 0.05) is 19.3 Å².